The van der Waals surface area contributed by atoms with Gasteiger partial charge in [0.15, 0.2) is 0 Å². The molecule has 1 fully saturated rings. The third kappa shape index (κ3) is 5.94. The van der Waals surface area contributed by atoms with Gasteiger partial charge >= 0.3 is 0 Å². The zero-order valence-corrected chi connectivity index (χ0v) is 15.4. The maximum atomic E-state index is 11.9. The van der Waals surface area contributed by atoms with Gasteiger partial charge in [-0.2, -0.15) is 5.10 Å². The van der Waals surface area contributed by atoms with Crippen molar-refractivity contribution in [1.29, 1.82) is 0 Å². The van der Waals surface area contributed by atoms with E-state index in [0.29, 0.717) is 12.8 Å². The first-order valence-electron chi connectivity index (χ1n) is 8.13. The van der Waals surface area contributed by atoms with Crippen molar-refractivity contribution in [3.8, 4) is 0 Å². The zero-order valence-electron chi connectivity index (χ0n) is 15.4. The Bertz CT molecular complexity index is 539. The quantitative estimate of drug-likeness (QED) is 0.768. The highest BCUT2D eigenvalue weighted by atomic mass is 16.2. The molecule has 0 bridgehead atoms. The molecule has 0 aromatic carbocycles. The molecule has 6 heteroatoms. The van der Waals surface area contributed by atoms with E-state index in [-0.39, 0.29) is 43.0 Å². The van der Waals surface area contributed by atoms with Gasteiger partial charge < -0.3 is 0 Å². The van der Waals surface area contributed by atoms with Gasteiger partial charge in [-0.05, 0) is 39.0 Å². The highest BCUT2D eigenvalue weighted by molar-refractivity contribution is 6.00. The number of imide groups is 1. The van der Waals surface area contributed by atoms with Gasteiger partial charge in [0.2, 0.25) is 11.8 Å². The largest absolute Gasteiger partial charge is 0.296 e. The lowest BCUT2D eigenvalue weighted by Gasteiger charge is -2.44. The molecule has 6 nitrogen and oxygen atoms in total. The molecule has 1 unspecified atom stereocenters. The summed E-state index contributed by atoms with van der Waals surface area (Å²) in [7, 11) is 0. The summed E-state index contributed by atoms with van der Waals surface area (Å²) in [5.74, 6) is -0.230. The molecule has 1 saturated heterocycles. The van der Waals surface area contributed by atoms with E-state index in [2.05, 4.69) is 56.9 Å². The first kappa shape index (κ1) is 25.5. The minimum absolute atomic E-state index is 0. The molecule has 0 radical (unpaired) electrons. The van der Waals surface area contributed by atoms with Crippen molar-refractivity contribution in [2.24, 2.45) is 10.8 Å². The van der Waals surface area contributed by atoms with Crippen molar-refractivity contribution in [3.63, 3.8) is 0 Å². The Morgan fingerprint density at radius 1 is 1.16 bits per heavy atom. The van der Waals surface area contributed by atoms with Gasteiger partial charge in [-0.3, -0.25) is 14.9 Å². The fraction of sp³-hybridized carbons (Fsp3) is 0.789. The summed E-state index contributed by atoms with van der Waals surface area (Å²) in [6.07, 6.45) is 5.20. The topological polar surface area (TPSA) is 76.9 Å². The number of hydrogen-bond acceptors (Lipinski definition) is 4. The first-order valence-corrected chi connectivity index (χ1v) is 8.13. The molecule has 2 rings (SSSR count). The maximum Gasteiger partial charge on any atom is 0.233 e. The molecule has 1 aromatic rings. The summed E-state index contributed by atoms with van der Waals surface area (Å²) in [4.78, 5) is 26.8. The van der Waals surface area contributed by atoms with Gasteiger partial charge in [0.1, 0.15) is 12.7 Å². The third-order valence-electron chi connectivity index (χ3n) is 4.61. The van der Waals surface area contributed by atoms with Gasteiger partial charge in [-0.15, -0.1) is 0 Å². The lowest BCUT2D eigenvalue weighted by molar-refractivity contribution is -0.148. The van der Waals surface area contributed by atoms with E-state index in [1.807, 2.05) is 11.6 Å². The molecule has 1 aliphatic rings. The summed E-state index contributed by atoms with van der Waals surface area (Å²) in [5, 5.41) is 6.44. The van der Waals surface area contributed by atoms with Crippen LogP contribution in [0.2, 0.25) is 0 Å². The lowest BCUT2D eigenvalue weighted by Crippen LogP contribution is -2.54. The smallest absolute Gasteiger partial charge is 0.233 e. The maximum absolute atomic E-state index is 11.9. The molecule has 1 N–H and O–H groups in total. The number of carbonyl (C=O) groups is 2. The SMILES string of the molecule is C.C.CC(C)(C)n1cncn1.CCC1(C(C)(C)C)CCC(=O)NC1=O. The Morgan fingerprint density at radius 2 is 1.72 bits per heavy atom. The fourth-order valence-electron chi connectivity index (χ4n) is 2.89. The normalized spacial score (nSPS) is 20.4. The summed E-state index contributed by atoms with van der Waals surface area (Å²) in [6.45, 7) is 14.5. The standard InChI is InChI=1S/C11H19NO2.C6H11N3.2CH4/c1-5-11(10(2,3)4)7-6-8(13)12-9(11)14;1-6(2,3)9-5-7-4-8-9;;/h5-7H2,1-4H3,(H,12,13,14);4-5H,1-3H3;2*1H4. The second-order valence-corrected chi connectivity index (χ2v) is 8.07. The van der Waals surface area contributed by atoms with Crippen molar-refractivity contribution in [1.82, 2.24) is 20.1 Å². The molecular formula is C19H38N4O2. The van der Waals surface area contributed by atoms with E-state index in [9.17, 15) is 9.59 Å². The van der Waals surface area contributed by atoms with E-state index in [0.717, 1.165) is 6.42 Å². The molecule has 2 heterocycles. The number of carbonyl (C=O) groups excluding carboxylic acids is 2. The Kier molecular flexibility index (Phi) is 9.30. The van der Waals surface area contributed by atoms with Crippen LogP contribution in [0, 0.1) is 10.8 Å². The molecule has 2 amide bonds. The summed E-state index contributed by atoms with van der Waals surface area (Å²) in [5.41, 5.74) is -0.399. The number of piperidine rings is 1. The highest BCUT2D eigenvalue weighted by Crippen LogP contribution is 2.46. The zero-order chi connectivity index (χ0) is 17.9. The highest BCUT2D eigenvalue weighted by Gasteiger charge is 2.49. The molecule has 146 valence electrons. The molecular weight excluding hydrogens is 316 g/mol. The summed E-state index contributed by atoms with van der Waals surface area (Å²) < 4.78 is 1.83. The van der Waals surface area contributed by atoms with Crippen molar-refractivity contribution in [2.75, 3.05) is 0 Å². The minimum atomic E-state index is -0.374. The first-order chi connectivity index (χ1) is 10.4. The average molecular weight is 355 g/mol. The molecule has 1 aromatic heterocycles. The van der Waals surface area contributed by atoms with Crippen LogP contribution in [0.25, 0.3) is 0 Å². The van der Waals surface area contributed by atoms with Crippen molar-refractivity contribution in [3.05, 3.63) is 12.7 Å². The molecule has 0 spiro atoms. The number of hydrogen-bond donors (Lipinski definition) is 1. The van der Waals surface area contributed by atoms with Gasteiger partial charge in [-0.25, -0.2) is 9.67 Å². The van der Waals surface area contributed by atoms with Crippen LogP contribution in [-0.4, -0.2) is 26.6 Å². The minimum Gasteiger partial charge on any atom is -0.296 e. The van der Waals surface area contributed by atoms with Crippen LogP contribution in [0.1, 0.15) is 82.6 Å². The van der Waals surface area contributed by atoms with Crippen molar-refractivity contribution in [2.45, 2.75) is 88.1 Å². The number of rotatable bonds is 1. The molecule has 1 aliphatic heterocycles. The monoisotopic (exact) mass is 354 g/mol. The fourth-order valence-corrected chi connectivity index (χ4v) is 2.89. The average Bonchev–Trinajstić information content (AvgIpc) is 2.92. The van der Waals surface area contributed by atoms with E-state index < -0.39 is 0 Å². The Morgan fingerprint density at radius 3 is 2.00 bits per heavy atom. The Hall–Kier alpha value is -1.72. The van der Waals surface area contributed by atoms with Gasteiger partial charge in [0.05, 0.1) is 11.0 Å². The molecule has 25 heavy (non-hydrogen) atoms. The third-order valence-corrected chi connectivity index (χ3v) is 4.61. The molecule has 0 aliphatic carbocycles. The van der Waals surface area contributed by atoms with E-state index in [4.69, 9.17) is 0 Å². The van der Waals surface area contributed by atoms with E-state index in [1.165, 1.54) is 0 Å². The van der Waals surface area contributed by atoms with Crippen LogP contribution >= 0.6 is 0 Å². The van der Waals surface area contributed by atoms with Crippen LogP contribution in [0.3, 0.4) is 0 Å². The van der Waals surface area contributed by atoms with Crippen LogP contribution < -0.4 is 5.32 Å². The predicted octanol–water partition coefficient (Wildman–Crippen LogP) is 4.17. The van der Waals surface area contributed by atoms with E-state index in [1.54, 1.807) is 12.7 Å². The van der Waals surface area contributed by atoms with Gasteiger partial charge in [0, 0.05) is 6.42 Å². The van der Waals surface area contributed by atoms with Crippen LogP contribution in [0.15, 0.2) is 12.7 Å². The van der Waals surface area contributed by atoms with Crippen LogP contribution in [0.5, 0.6) is 0 Å². The predicted molar refractivity (Wildman–Crippen MR) is 103 cm³/mol. The Labute approximate surface area is 153 Å². The van der Waals surface area contributed by atoms with Gasteiger partial charge in [0.25, 0.3) is 0 Å². The Balaban J connectivity index is 0. The van der Waals surface area contributed by atoms with Gasteiger partial charge in [-0.1, -0.05) is 42.5 Å². The second-order valence-electron chi connectivity index (χ2n) is 8.07. The van der Waals surface area contributed by atoms with Crippen LogP contribution in [0.4, 0.5) is 0 Å². The van der Waals surface area contributed by atoms with Crippen molar-refractivity contribution < 1.29 is 9.59 Å². The molecule has 0 saturated carbocycles. The lowest BCUT2D eigenvalue weighted by atomic mass is 9.61. The molecule has 1 atom stereocenters. The number of amides is 2. The van der Waals surface area contributed by atoms with Crippen molar-refractivity contribution >= 4 is 11.8 Å². The van der Waals surface area contributed by atoms with Crippen LogP contribution in [-0.2, 0) is 15.1 Å². The second kappa shape index (κ2) is 9.11. The number of nitrogens with zero attached hydrogens (tertiary/aromatic N) is 3. The summed E-state index contributed by atoms with van der Waals surface area (Å²) in [6, 6.07) is 0. The summed E-state index contributed by atoms with van der Waals surface area (Å²) >= 11 is 0. The number of nitrogens with one attached hydrogen (secondary N) is 1. The van der Waals surface area contributed by atoms with E-state index >= 15 is 0 Å². The number of aromatic nitrogens is 3.